The Morgan fingerprint density at radius 1 is 1.55 bits per heavy atom. The van der Waals surface area contributed by atoms with Crippen LogP contribution in [0.1, 0.15) is 33.1 Å². The van der Waals surface area contributed by atoms with Crippen LogP contribution in [0.2, 0.25) is 0 Å². The summed E-state index contributed by atoms with van der Waals surface area (Å²) in [5.41, 5.74) is 0. The van der Waals surface area contributed by atoms with E-state index in [2.05, 4.69) is 0 Å². The second kappa shape index (κ2) is 5.07. The van der Waals surface area contributed by atoms with E-state index in [1.807, 2.05) is 6.92 Å². The molecule has 0 rings (SSSR count). The molecule has 0 aromatic carbocycles. The lowest BCUT2D eigenvalue weighted by molar-refractivity contribution is -0.534. The van der Waals surface area contributed by atoms with Crippen molar-refractivity contribution in [1.82, 2.24) is 0 Å². The van der Waals surface area contributed by atoms with E-state index in [0.717, 1.165) is 6.42 Å². The topological polar surface area (TPSA) is 63.4 Å². The molecule has 0 saturated carbocycles. The van der Waals surface area contributed by atoms with Gasteiger partial charge >= 0.3 is 0 Å². The van der Waals surface area contributed by atoms with Crippen LogP contribution in [0, 0.1) is 10.1 Å². The van der Waals surface area contributed by atoms with E-state index in [-0.39, 0.29) is 0 Å². The summed E-state index contributed by atoms with van der Waals surface area (Å²) in [5, 5.41) is 19.5. The van der Waals surface area contributed by atoms with Crippen LogP contribution in [0.25, 0.3) is 0 Å². The molecule has 4 nitrogen and oxygen atoms in total. The maximum atomic E-state index is 10.3. The van der Waals surface area contributed by atoms with Crippen molar-refractivity contribution in [2.75, 3.05) is 0 Å². The average molecular weight is 161 g/mol. The number of nitrogens with zero attached hydrogens (tertiary/aromatic N) is 1. The first-order valence-corrected chi connectivity index (χ1v) is 3.95. The molecule has 0 amide bonds. The first-order valence-electron chi connectivity index (χ1n) is 3.95. The summed E-state index contributed by atoms with van der Waals surface area (Å²) in [6.45, 7) is 3.61. The van der Waals surface area contributed by atoms with Crippen molar-refractivity contribution in [3.05, 3.63) is 10.1 Å². The first kappa shape index (κ1) is 10.4. The summed E-state index contributed by atoms with van der Waals surface area (Å²) >= 11 is 0. The molecule has 1 N–H and O–H groups in total. The van der Waals surface area contributed by atoms with Crippen molar-refractivity contribution in [1.29, 1.82) is 0 Å². The van der Waals surface area contributed by atoms with Crippen molar-refractivity contribution in [2.45, 2.75) is 45.3 Å². The van der Waals surface area contributed by atoms with E-state index < -0.39 is 17.1 Å². The molecule has 4 heteroatoms. The number of aliphatic hydroxyl groups is 1. The minimum absolute atomic E-state index is 0.397. The molecule has 0 aliphatic rings. The van der Waals surface area contributed by atoms with E-state index in [1.165, 1.54) is 0 Å². The maximum absolute atomic E-state index is 10.3. The number of rotatable bonds is 5. The van der Waals surface area contributed by atoms with E-state index in [9.17, 15) is 15.2 Å². The van der Waals surface area contributed by atoms with Gasteiger partial charge in [0, 0.05) is 11.3 Å². The zero-order valence-electron chi connectivity index (χ0n) is 6.99. The third-order valence-corrected chi connectivity index (χ3v) is 1.72. The van der Waals surface area contributed by atoms with Crippen LogP contribution in [-0.2, 0) is 0 Å². The maximum Gasteiger partial charge on any atom is 0.238 e. The van der Waals surface area contributed by atoms with Crippen LogP contribution >= 0.6 is 0 Å². The van der Waals surface area contributed by atoms with Gasteiger partial charge in [-0.1, -0.05) is 20.3 Å². The van der Waals surface area contributed by atoms with Crippen LogP contribution in [0.4, 0.5) is 0 Å². The van der Waals surface area contributed by atoms with E-state index >= 15 is 0 Å². The molecule has 0 aliphatic carbocycles. The Kier molecular flexibility index (Phi) is 4.77. The molecule has 0 fully saturated rings. The van der Waals surface area contributed by atoms with Gasteiger partial charge in [-0.15, -0.1) is 0 Å². The van der Waals surface area contributed by atoms with Crippen LogP contribution in [-0.4, -0.2) is 22.2 Å². The third kappa shape index (κ3) is 3.32. The molecule has 0 saturated heterocycles. The Labute approximate surface area is 66.4 Å². The van der Waals surface area contributed by atoms with Crippen molar-refractivity contribution in [3.63, 3.8) is 0 Å². The van der Waals surface area contributed by atoms with E-state index in [4.69, 9.17) is 0 Å². The lowest BCUT2D eigenvalue weighted by atomic mass is 10.1. The van der Waals surface area contributed by atoms with Gasteiger partial charge in [-0.25, -0.2) is 0 Å². The Hall–Kier alpha value is -0.640. The summed E-state index contributed by atoms with van der Waals surface area (Å²) in [5.74, 6) is 0. The highest BCUT2D eigenvalue weighted by molar-refractivity contribution is 4.65. The summed E-state index contributed by atoms with van der Waals surface area (Å²) in [6, 6.07) is -0.782. The minimum atomic E-state index is -0.782. The highest BCUT2D eigenvalue weighted by atomic mass is 16.6. The standard InChI is InChI=1S/C7H15NO3/c1-3-5-7(9)6(4-2)8(10)11/h6-7,9H,3-5H2,1-2H3/t6-,7-/m1/s1. The molecular formula is C7H15NO3. The summed E-state index contributed by atoms with van der Waals surface area (Å²) in [4.78, 5) is 9.89. The molecule has 0 bridgehead atoms. The normalized spacial score (nSPS) is 15.9. The number of hydrogen-bond acceptors (Lipinski definition) is 3. The Bertz CT molecular complexity index is 127. The molecule has 0 aromatic heterocycles. The molecular weight excluding hydrogens is 146 g/mol. The van der Waals surface area contributed by atoms with Gasteiger partial charge < -0.3 is 5.11 Å². The smallest absolute Gasteiger partial charge is 0.238 e. The fraction of sp³-hybridized carbons (Fsp3) is 1.00. The van der Waals surface area contributed by atoms with Gasteiger partial charge in [-0.05, 0) is 6.42 Å². The fourth-order valence-corrected chi connectivity index (χ4v) is 1.05. The molecule has 0 heterocycles. The Morgan fingerprint density at radius 2 is 2.09 bits per heavy atom. The van der Waals surface area contributed by atoms with Gasteiger partial charge in [-0.2, -0.15) is 0 Å². The Morgan fingerprint density at radius 3 is 2.36 bits per heavy atom. The van der Waals surface area contributed by atoms with Gasteiger partial charge in [0.1, 0.15) is 6.10 Å². The number of hydrogen-bond donors (Lipinski definition) is 1. The molecule has 0 aliphatic heterocycles. The fourth-order valence-electron chi connectivity index (χ4n) is 1.05. The minimum Gasteiger partial charge on any atom is -0.386 e. The van der Waals surface area contributed by atoms with E-state index in [1.54, 1.807) is 6.92 Å². The highest BCUT2D eigenvalue weighted by Gasteiger charge is 2.26. The molecule has 66 valence electrons. The number of aliphatic hydroxyl groups excluding tert-OH is 1. The van der Waals surface area contributed by atoms with Gasteiger partial charge in [0.2, 0.25) is 6.04 Å². The van der Waals surface area contributed by atoms with Gasteiger partial charge in [0.25, 0.3) is 0 Å². The van der Waals surface area contributed by atoms with Gasteiger partial charge in [0.15, 0.2) is 0 Å². The second-order valence-corrected chi connectivity index (χ2v) is 2.62. The van der Waals surface area contributed by atoms with Crippen molar-refractivity contribution < 1.29 is 10.0 Å². The zero-order valence-corrected chi connectivity index (χ0v) is 6.99. The Balaban J connectivity index is 3.91. The van der Waals surface area contributed by atoms with Crippen molar-refractivity contribution in [2.24, 2.45) is 0 Å². The molecule has 0 spiro atoms. The molecule has 0 unspecified atom stereocenters. The number of nitro groups is 1. The van der Waals surface area contributed by atoms with Crippen LogP contribution in [0.15, 0.2) is 0 Å². The molecule has 0 aromatic rings. The van der Waals surface area contributed by atoms with Crippen LogP contribution in [0.3, 0.4) is 0 Å². The van der Waals surface area contributed by atoms with Crippen molar-refractivity contribution >= 4 is 0 Å². The predicted molar refractivity (Wildman–Crippen MR) is 42.0 cm³/mol. The largest absolute Gasteiger partial charge is 0.386 e. The SMILES string of the molecule is CCC[C@@H](O)[C@@H](CC)[N+](=O)[O-]. The lowest BCUT2D eigenvalue weighted by Gasteiger charge is -2.12. The van der Waals surface area contributed by atoms with Crippen molar-refractivity contribution in [3.8, 4) is 0 Å². The summed E-state index contributed by atoms with van der Waals surface area (Å²) in [6.07, 6.45) is 0.916. The lowest BCUT2D eigenvalue weighted by Crippen LogP contribution is -2.32. The third-order valence-electron chi connectivity index (χ3n) is 1.72. The predicted octanol–water partition coefficient (Wildman–Crippen LogP) is 1.20. The molecule has 0 radical (unpaired) electrons. The van der Waals surface area contributed by atoms with Crippen LogP contribution in [0.5, 0.6) is 0 Å². The average Bonchev–Trinajstić information content (AvgIpc) is 1.88. The molecule has 11 heavy (non-hydrogen) atoms. The quantitative estimate of drug-likeness (QED) is 0.486. The van der Waals surface area contributed by atoms with Gasteiger partial charge in [0.05, 0.1) is 0 Å². The molecule has 2 atom stereocenters. The van der Waals surface area contributed by atoms with Gasteiger partial charge in [-0.3, -0.25) is 10.1 Å². The first-order chi connectivity index (χ1) is 5.13. The highest BCUT2D eigenvalue weighted by Crippen LogP contribution is 2.08. The summed E-state index contributed by atoms with van der Waals surface area (Å²) in [7, 11) is 0. The monoisotopic (exact) mass is 161 g/mol. The zero-order chi connectivity index (χ0) is 8.85. The summed E-state index contributed by atoms with van der Waals surface area (Å²) < 4.78 is 0. The second-order valence-electron chi connectivity index (χ2n) is 2.62. The van der Waals surface area contributed by atoms with E-state index in [0.29, 0.717) is 12.8 Å². The van der Waals surface area contributed by atoms with Crippen LogP contribution < -0.4 is 0 Å².